The summed E-state index contributed by atoms with van der Waals surface area (Å²) in [5.74, 6) is -0.545. The molecule has 1 aliphatic rings. The molecule has 1 atom stereocenters. The Balaban J connectivity index is 2.30. The van der Waals surface area contributed by atoms with Gasteiger partial charge in [0.2, 0.25) is 0 Å². The van der Waals surface area contributed by atoms with Crippen LogP contribution in [-0.2, 0) is 0 Å². The van der Waals surface area contributed by atoms with Crippen molar-refractivity contribution in [2.75, 3.05) is 20.1 Å². The fraction of sp³-hybridized carbons (Fsp3) is 0.600. The molecule has 2 heterocycles. The van der Waals surface area contributed by atoms with Crippen LogP contribution in [0.4, 0.5) is 0 Å². The average Bonchev–Trinajstić information content (AvgIpc) is 2.71. The summed E-state index contributed by atoms with van der Waals surface area (Å²) in [6.07, 6.45) is 1.01. The molecular formula is C10H14N2O2S. The Morgan fingerprint density at radius 3 is 2.93 bits per heavy atom. The van der Waals surface area contributed by atoms with Crippen LogP contribution >= 0.6 is 11.3 Å². The number of rotatable bonds is 2. The molecular weight excluding hydrogens is 212 g/mol. The molecule has 0 aromatic carbocycles. The number of hydrogen-bond donors (Lipinski definition) is 1. The lowest BCUT2D eigenvalue weighted by molar-refractivity contribution is 0.0700. The summed E-state index contributed by atoms with van der Waals surface area (Å²) < 4.78 is 0. The summed E-state index contributed by atoms with van der Waals surface area (Å²) in [5, 5.41) is 9.91. The summed E-state index contributed by atoms with van der Waals surface area (Å²) in [6.45, 7) is 3.81. The molecule has 1 unspecified atom stereocenters. The van der Waals surface area contributed by atoms with Crippen LogP contribution in [0.15, 0.2) is 0 Å². The number of likely N-dealkylation sites (tertiary alicyclic amines) is 1. The topological polar surface area (TPSA) is 53.4 Å². The van der Waals surface area contributed by atoms with Crippen molar-refractivity contribution in [1.29, 1.82) is 0 Å². The zero-order valence-electron chi connectivity index (χ0n) is 8.86. The van der Waals surface area contributed by atoms with E-state index >= 15 is 0 Å². The van der Waals surface area contributed by atoms with E-state index in [1.54, 1.807) is 0 Å². The summed E-state index contributed by atoms with van der Waals surface area (Å²) in [6, 6.07) is 0. The molecule has 1 aliphatic heterocycles. The molecule has 0 aliphatic carbocycles. The Labute approximate surface area is 92.6 Å². The van der Waals surface area contributed by atoms with E-state index in [4.69, 9.17) is 5.11 Å². The van der Waals surface area contributed by atoms with Crippen LogP contribution in [0.5, 0.6) is 0 Å². The first kappa shape index (κ1) is 10.6. The van der Waals surface area contributed by atoms with Gasteiger partial charge >= 0.3 is 5.97 Å². The van der Waals surface area contributed by atoms with E-state index in [1.165, 1.54) is 11.3 Å². The Bertz CT molecular complexity index is 389. The van der Waals surface area contributed by atoms with Gasteiger partial charge in [0, 0.05) is 12.5 Å². The number of thiazole rings is 1. The van der Waals surface area contributed by atoms with Crippen molar-refractivity contribution in [3.8, 4) is 0 Å². The maximum absolute atomic E-state index is 11.0. The Morgan fingerprint density at radius 1 is 1.67 bits per heavy atom. The minimum atomic E-state index is -0.842. The van der Waals surface area contributed by atoms with E-state index in [-0.39, 0.29) is 0 Å². The zero-order chi connectivity index (χ0) is 11.0. The molecule has 1 aromatic heterocycles. The lowest BCUT2D eigenvalue weighted by Crippen LogP contribution is -2.14. The van der Waals surface area contributed by atoms with Crippen molar-refractivity contribution in [2.24, 2.45) is 0 Å². The molecule has 0 radical (unpaired) electrons. The second-order valence-electron chi connectivity index (χ2n) is 4.00. The number of carbonyl (C=O) groups is 1. The van der Waals surface area contributed by atoms with E-state index in [2.05, 4.69) is 16.9 Å². The lowest BCUT2D eigenvalue weighted by Gasteiger charge is -2.08. The van der Waals surface area contributed by atoms with Crippen molar-refractivity contribution in [3.05, 3.63) is 15.6 Å². The number of aromatic nitrogens is 1. The Kier molecular flexibility index (Phi) is 2.75. The normalized spacial score (nSPS) is 22.1. The summed E-state index contributed by atoms with van der Waals surface area (Å²) in [4.78, 5) is 18.0. The maximum atomic E-state index is 11.0. The summed E-state index contributed by atoms with van der Waals surface area (Å²) >= 11 is 1.28. The number of aryl methyl sites for hydroxylation is 1. The van der Waals surface area contributed by atoms with E-state index in [1.807, 2.05) is 6.92 Å². The molecule has 1 N–H and O–H groups in total. The van der Waals surface area contributed by atoms with Crippen molar-refractivity contribution in [3.63, 3.8) is 0 Å². The monoisotopic (exact) mass is 226 g/mol. The number of carboxylic acids is 1. The van der Waals surface area contributed by atoms with Crippen molar-refractivity contribution >= 4 is 17.3 Å². The largest absolute Gasteiger partial charge is 0.477 e. The van der Waals surface area contributed by atoms with E-state index in [0.29, 0.717) is 10.8 Å². The maximum Gasteiger partial charge on any atom is 0.347 e. The van der Waals surface area contributed by atoms with Gasteiger partial charge in [-0.3, -0.25) is 0 Å². The van der Waals surface area contributed by atoms with Crippen LogP contribution in [0, 0.1) is 6.92 Å². The van der Waals surface area contributed by atoms with Gasteiger partial charge < -0.3 is 10.0 Å². The van der Waals surface area contributed by atoms with Crippen molar-refractivity contribution in [1.82, 2.24) is 9.88 Å². The molecule has 0 saturated carbocycles. The van der Waals surface area contributed by atoms with Gasteiger partial charge in [-0.2, -0.15) is 0 Å². The number of carboxylic acid groups (broad SMARTS) is 1. The molecule has 1 fully saturated rings. The van der Waals surface area contributed by atoms with E-state index < -0.39 is 5.97 Å². The first-order valence-electron chi connectivity index (χ1n) is 4.97. The fourth-order valence-electron chi connectivity index (χ4n) is 2.03. The van der Waals surface area contributed by atoms with Gasteiger partial charge in [-0.1, -0.05) is 0 Å². The van der Waals surface area contributed by atoms with Crippen LogP contribution in [0.2, 0.25) is 0 Å². The first-order chi connectivity index (χ1) is 7.08. The minimum absolute atomic E-state index is 0.297. The quantitative estimate of drug-likeness (QED) is 0.831. The van der Waals surface area contributed by atoms with Crippen LogP contribution in [-0.4, -0.2) is 41.1 Å². The van der Waals surface area contributed by atoms with Crippen molar-refractivity contribution in [2.45, 2.75) is 19.3 Å². The smallest absolute Gasteiger partial charge is 0.347 e. The standard InChI is InChI=1S/C10H14N2O2S/c1-6-11-8(9(15-6)10(13)14)7-3-4-12(2)5-7/h7H,3-5H2,1-2H3,(H,13,14). The highest BCUT2D eigenvalue weighted by atomic mass is 32.1. The molecule has 0 spiro atoms. The Morgan fingerprint density at radius 2 is 2.40 bits per heavy atom. The second-order valence-corrected chi connectivity index (χ2v) is 5.20. The van der Waals surface area contributed by atoms with Gasteiger partial charge in [0.15, 0.2) is 0 Å². The molecule has 0 bridgehead atoms. The van der Waals surface area contributed by atoms with Gasteiger partial charge in [0.25, 0.3) is 0 Å². The number of nitrogens with zero attached hydrogens (tertiary/aromatic N) is 2. The van der Waals surface area contributed by atoms with Gasteiger partial charge in [0.1, 0.15) is 4.88 Å². The molecule has 5 heteroatoms. The number of likely N-dealkylation sites (N-methyl/N-ethyl adjacent to an activating group) is 1. The molecule has 15 heavy (non-hydrogen) atoms. The van der Waals surface area contributed by atoms with Crippen LogP contribution < -0.4 is 0 Å². The van der Waals surface area contributed by atoms with Crippen LogP contribution in [0.25, 0.3) is 0 Å². The average molecular weight is 226 g/mol. The van der Waals surface area contributed by atoms with Gasteiger partial charge in [-0.15, -0.1) is 11.3 Å². The predicted octanol–water partition coefficient (Wildman–Crippen LogP) is 1.57. The minimum Gasteiger partial charge on any atom is -0.477 e. The van der Waals surface area contributed by atoms with Crippen molar-refractivity contribution < 1.29 is 9.90 Å². The summed E-state index contributed by atoms with van der Waals surface area (Å²) in [7, 11) is 2.06. The van der Waals surface area contributed by atoms with E-state index in [9.17, 15) is 4.79 Å². The SMILES string of the molecule is Cc1nc(C2CCN(C)C2)c(C(=O)O)s1. The van der Waals surface area contributed by atoms with Gasteiger partial charge in [-0.25, -0.2) is 9.78 Å². The third-order valence-electron chi connectivity index (χ3n) is 2.73. The third kappa shape index (κ3) is 2.03. The summed E-state index contributed by atoms with van der Waals surface area (Å²) in [5.41, 5.74) is 0.786. The zero-order valence-corrected chi connectivity index (χ0v) is 9.67. The second kappa shape index (κ2) is 3.90. The van der Waals surface area contributed by atoms with Gasteiger partial charge in [-0.05, 0) is 26.9 Å². The highest BCUT2D eigenvalue weighted by Crippen LogP contribution is 2.31. The number of aromatic carboxylic acids is 1. The van der Waals surface area contributed by atoms with E-state index in [0.717, 1.165) is 30.2 Å². The molecule has 82 valence electrons. The molecule has 1 aromatic rings. The predicted molar refractivity (Wildman–Crippen MR) is 58.7 cm³/mol. The Hall–Kier alpha value is -0.940. The third-order valence-corrected chi connectivity index (χ3v) is 3.71. The molecule has 0 amide bonds. The van der Waals surface area contributed by atoms with Crippen LogP contribution in [0.3, 0.4) is 0 Å². The highest BCUT2D eigenvalue weighted by molar-refractivity contribution is 7.13. The first-order valence-corrected chi connectivity index (χ1v) is 5.78. The lowest BCUT2D eigenvalue weighted by atomic mass is 10.0. The fourth-order valence-corrected chi connectivity index (χ4v) is 2.87. The van der Waals surface area contributed by atoms with Gasteiger partial charge in [0.05, 0.1) is 10.7 Å². The highest BCUT2D eigenvalue weighted by Gasteiger charge is 2.28. The molecule has 4 nitrogen and oxygen atoms in total. The van der Waals surface area contributed by atoms with Crippen LogP contribution in [0.1, 0.15) is 32.7 Å². The molecule has 2 rings (SSSR count). The number of hydrogen-bond acceptors (Lipinski definition) is 4. The molecule has 1 saturated heterocycles.